The molecule has 3 aromatic rings. The predicted octanol–water partition coefficient (Wildman–Crippen LogP) is 3.13. The number of halogens is 1. The van der Waals surface area contributed by atoms with Crippen molar-refractivity contribution in [1.29, 1.82) is 0 Å². The topological polar surface area (TPSA) is 54.8 Å². The Balaban J connectivity index is 1.53. The highest BCUT2D eigenvalue weighted by Crippen LogP contribution is 2.15. The molecule has 5 nitrogen and oxygen atoms in total. The van der Waals surface area contributed by atoms with E-state index in [0.717, 1.165) is 16.8 Å². The van der Waals surface area contributed by atoms with Gasteiger partial charge in [-0.2, -0.15) is 5.10 Å². The summed E-state index contributed by atoms with van der Waals surface area (Å²) in [5, 5.41) is 11.0. The van der Waals surface area contributed by atoms with Gasteiger partial charge in [-0.25, -0.2) is 14.1 Å². The van der Waals surface area contributed by atoms with Crippen molar-refractivity contribution in [2.24, 2.45) is 0 Å². The summed E-state index contributed by atoms with van der Waals surface area (Å²) in [4.78, 5) is 3.94. The summed E-state index contributed by atoms with van der Waals surface area (Å²) in [6.07, 6.45) is 3.16. The second kappa shape index (κ2) is 7.85. The number of hydrogen-bond acceptors (Lipinski definition) is 3. The summed E-state index contributed by atoms with van der Waals surface area (Å²) < 4.78 is 14.6. The highest BCUT2D eigenvalue weighted by molar-refractivity contribution is 7.80. The fourth-order valence-electron chi connectivity index (χ4n) is 2.37. The molecule has 0 saturated heterocycles. The molecule has 1 atom stereocenters. The van der Waals surface area contributed by atoms with Gasteiger partial charge >= 0.3 is 0 Å². The van der Waals surface area contributed by atoms with Gasteiger partial charge in [0.05, 0.1) is 11.7 Å². The van der Waals surface area contributed by atoms with Crippen LogP contribution in [0.3, 0.4) is 0 Å². The van der Waals surface area contributed by atoms with Gasteiger partial charge in [0.25, 0.3) is 0 Å². The van der Waals surface area contributed by atoms with Crippen molar-refractivity contribution in [3.05, 3.63) is 78.1 Å². The van der Waals surface area contributed by atoms with Crippen LogP contribution in [0.25, 0.3) is 5.69 Å². The minimum absolute atomic E-state index is 0.0537. The molecule has 0 aliphatic rings. The number of benzene rings is 2. The fraction of sp³-hybridized carbons (Fsp3) is 0.167. The SMILES string of the molecule is C[C@H](NC(=S)NCc1ccc(F)cc1)c1ccc(-n2cncn2)cc1. The largest absolute Gasteiger partial charge is 0.359 e. The van der Waals surface area contributed by atoms with E-state index in [1.807, 2.05) is 31.2 Å². The van der Waals surface area contributed by atoms with Crippen LogP contribution in [-0.2, 0) is 6.54 Å². The van der Waals surface area contributed by atoms with Gasteiger partial charge in [0, 0.05) is 6.54 Å². The molecule has 0 unspecified atom stereocenters. The van der Waals surface area contributed by atoms with Crippen molar-refractivity contribution in [3.63, 3.8) is 0 Å². The zero-order valence-electron chi connectivity index (χ0n) is 13.7. The van der Waals surface area contributed by atoms with Crippen LogP contribution in [-0.4, -0.2) is 19.9 Å². The molecule has 2 aromatic carbocycles. The summed E-state index contributed by atoms with van der Waals surface area (Å²) >= 11 is 5.33. The number of nitrogens with zero attached hydrogens (tertiary/aromatic N) is 3. The minimum atomic E-state index is -0.243. The van der Waals surface area contributed by atoms with E-state index in [1.54, 1.807) is 23.1 Å². The molecule has 0 amide bonds. The molecule has 0 aliphatic heterocycles. The Morgan fingerprint density at radius 2 is 1.88 bits per heavy atom. The Morgan fingerprint density at radius 3 is 2.52 bits per heavy atom. The van der Waals surface area contributed by atoms with Crippen molar-refractivity contribution in [1.82, 2.24) is 25.4 Å². The van der Waals surface area contributed by atoms with E-state index >= 15 is 0 Å². The van der Waals surface area contributed by atoms with E-state index in [9.17, 15) is 4.39 Å². The average molecular weight is 355 g/mol. The lowest BCUT2D eigenvalue weighted by atomic mass is 10.1. The van der Waals surface area contributed by atoms with Gasteiger partial charge in [-0.05, 0) is 54.5 Å². The Bertz CT molecular complexity index is 816. The highest BCUT2D eigenvalue weighted by Gasteiger charge is 2.07. The number of thiocarbonyl (C=S) groups is 1. The van der Waals surface area contributed by atoms with E-state index in [4.69, 9.17) is 12.2 Å². The van der Waals surface area contributed by atoms with Gasteiger partial charge in [-0.3, -0.25) is 0 Å². The summed E-state index contributed by atoms with van der Waals surface area (Å²) in [5.74, 6) is -0.243. The van der Waals surface area contributed by atoms with Gasteiger partial charge in [-0.1, -0.05) is 24.3 Å². The first-order valence-electron chi connectivity index (χ1n) is 7.85. The molecular formula is C18H18FN5S. The molecule has 0 fully saturated rings. The quantitative estimate of drug-likeness (QED) is 0.689. The summed E-state index contributed by atoms with van der Waals surface area (Å²) in [5.41, 5.74) is 3.02. The molecule has 1 aromatic heterocycles. The lowest BCUT2D eigenvalue weighted by Gasteiger charge is -2.18. The van der Waals surface area contributed by atoms with Crippen molar-refractivity contribution in [2.45, 2.75) is 19.5 Å². The van der Waals surface area contributed by atoms with E-state index in [0.29, 0.717) is 11.7 Å². The molecular weight excluding hydrogens is 337 g/mol. The number of nitrogens with one attached hydrogen (secondary N) is 2. The molecule has 1 heterocycles. The first-order valence-corrected chi connectivity index (χ1v) is 8.26. The van der Waals surface area contributed by atoms with Crippen LogP contribution in [0.2, 0.25) is 0 Å². The smallest absolute Gasteiger partial charge is 0.167 e. The Morgan fingerprint density at radius 1 is 1.16 bits per heavy atom. The van der Waals surface area contributed by atoms with E-state index < -0.39 is 0 Å². The van der Waals surface area contributed by atoms with Crippen LogP contribution in [0, 0.1) is 5.82 Å². The minimum Gasteiger partial charge on any atom is -0.359 e. The zero-order chi connectivity index (χ0) is 17.6. The van der Waals surface area contributed by atoms with Gasteiger partial charge in [0.2, 0.25) is 0 Å². The van der Waals surface area contributed by atoms with Gasteiger partial charge in [0.1, 0.15) is 18.5 Å². The first-order chi connectivity index (χ1) is 12.1. The van der Waals surface area contributed by atoms with Crippen LogP contribution in [0.4, 0.5) is 4.39 Å². The predicted molar refractivity (Wildman–Crippen MR) is 98.7 cm³/mol. The monoisotopic (exact) mass is 355 g/mol. The van der Waals surface area contributed by atoms with Crippen molar-refractivity contribution < 1.29 is 4.39 Å². The molecule has 128 valence electrons. The van der Waals surface area contributed by atoms with Crippen LogP contribution in [0.5, 0.6) is 0 Å². The first kappa shape index (κ1) is 17.0. The Hall–Kier alpha value is -2.80. The second-order valence-corrected chi connectivity index (χ2v) is 6.02. The Kier molecular flexibility index (Phi) is 5.35. The van der Waals surface area contributed by atoms with E-state index in [1.165, 1.54) is 18.5 Å². The summed E-state index contributed by atoms with van der Waals surface area (Å²) in [6.45, 7) is 2.58. The third-order valence-corrected chi connectivity index (χ3v) is 4.05. The zero-order valence-corrected chi connectivity index (χ0v) is 14.5. The molecule has 2 N–H and O–H groups in total. The van der Waals surface area contributed by atoms with Crippen LogP contribution in [0.1, 0.15) is 24.1 Å². The molecule has 0 saturated carbocycles. The maximum absolute atomic E-state index is 12.9. The van der Waals surface area contributed by atoms with Crippen LogP contribution < -0.4 is 10.6 Å². The van der Waals surface area contributed by atoms with Crippen molar-refractivity contribution >= 4 is 17.3 Å². The van der Waals surface area contributed by atoms with Gasteiger partial charge < -0.3 is 10.6 Å². The molecule has 0 spiro atoms. The van der Waals surface area contributed by atoms with E-state index in [-0.39, 0.29) is 11.9 Å². The normalized spacial score (nSPS) is 11.8. The second-order valence-electron chi connectivity index (χ2n) is 5.61. The molecule has 0 aliphatic carbocycles. The van der Waals surface area contributed by atoms with E-state index in [2.05, 4.69) is 20.7 Å². The third kappa shape index (κ3) is 4.60. The highest BCUT2D eigenvalue weighted by atomic mass is 32.1. The fourth-order valence-corrected chi connectivity index (χ4v) is 2.62. The summed E-state index contributed by atoms with van der Waals surface area (Å²) in [7, 11) is 0. The molecule has 0 bridgehead atoms. The number of aromatic nitrogens is 3. The van der Waals surface area contributed by atoms with Crippen molar-refractivity contribution in [2.75, 3.05) is 0 Å². The maximum Gasteiger partial charge on any atom is 0.167 e. The van der Waals surface area contributed by atoms with Crippen LogP contribution >= 0.6 is 12.2 Å². The lowest BCUT2D eigenvalue weighted by molar-refractivity contribution is 0.626. The molecule has 25 heavy (non-hydrogen) atoms. The standard InChI is InChI=1S/C18H18FN5S/c1-13(15-4-8-17(9-5-15)24-12-20-11-22-24)23-18(25)21-10-14-2-6-16(19)7-3-14/h2-9,11-13H,10H2,1H3,(H2,21,23,25)/t13-/m0/s1. The Labute approximate surface area is 150 Å². The lowest BCUT2D eigenvalue weighted by Crippen LogP contribution is -2.36. The van der Waals surface area contributed by atoms with Gasteiger partial charge in [0.15, 0.2) is 5.11 Å². The van der Waals surface area contributed by atoms with Crippen molar-refractivity contribution in [3.8, 4) is 5.69 Å². The summed E-state index contributed by atoms with van der Waals surface area (Å²) in [6, 6.07) is 14.4. The molecule has 7 heteroatoms. The average Bonchev–Trinajstić information content (AvgIpc) is 3.16. The van der Waals surface area contributed by atoms with Gasteiger partial charge in [-0.15, -0.1) is 0 Å². The number of hydrogen-bond donors (Lipinski definition) is 2. The number of rotatable bonds is 5. The molecule has 3 rings (SSSR count). The maximum atomic E-state index is 12.9. The third-order valence-electron chi connectivity index (χ3n) is 3.79. The van der Waals surface area contributed by atoms with Crippen LogP contribution in [0.15, 0.2) is 61.2 Å². The molecule has 0 radical (unpaired) electrons.